The molecule has 4 bridgehead atoms. The Labute approximate surface area is 131 Å². The molecule has 0 aromatic carbocycles. The normalized spacial score (nSPS) is 38.4. The predicted molar refractivity (Wildman–Crippen MR) is 86.1 cm³/mol. The molecular weight excluding hydrogens is 278 g/mol. The largest absolute Gasteiger partial charge is 0.348 e. The van der Waals surface area contributed by atoms with Gasteiger partial charge in [-0.15, -0.1) is 11.3 Å². The zero-order chi connectivity index (χ0) is 14.4. The lowest BCUT2D eigenvalue weighted by atomic mass is 9.49. The Kier molecular flexibility index (Phi) is 3.36. The third kappa shape index (κ3) is 2.34. The van der Waals surface area contributed by atoms with Crippen molar-refractivity contribution >= 4 is 17.2 Å². The summed E-state index contributed by atoms with van der Waals surface area (Å²) in [6.07, 6.45) is 8.65. The Bertz CT molecular complexity index is 486. The molecule has 4 fully saturated rings. The SMILES string of the molecule is CCC(NC(=O)C12CC3CC(CC(C3)C1)C2)c1cccs1. The molecule has 1 unspecified atom stereocenters. The van der Waals surface area contributed by atoms with Gasteiger partial charge in [0.1, 0.15) is 0 Å². The quantitative estimate of drug-likeness (QED) is 0.870. The summed E-state index contributed by atoms with van der Waals surface area (Å²) >= 11 is 1.76. The van der Waals surface area contributed by atoms with Gasteiger partial charge in [0, 0.05) is 10.3 Å². The molecule has 1 atom stereocenters. The van der Waals surface area contributed by atoms with Crippen LogP contribution in [0.2, 0.25) is 0 Å². The minimum atomic E-state index is -0.0145. The highest BCUT2D eigenvalue weighted by Crippen LogP contribution is 2.60. The number of hydrogen-bond donors (Lipinski definition) is 1. The maximum absolute atomic E-state index is 13.1. The van der Waals surface area contributed by atoms with E-state index in [2.05, 4.69) is 29.8 Å². The molecule has 3 heteroatoms. The summed E-state index contributed by atoms with van der Waals surface area (Å²) in [5.41, 5.74) is -0.0145. The van der Waals surface area contributed by atoms with Gasteiger partial charge in [-0.2, -0.15) is 0 Å². The van der Waals surface area contributed by atoms with Crippen molar-refractivity contribution in [3.05, 3.63) is 22.4 Å². The summed E-state index contributed by atoms with van der Waals surface area (Å²) in [7, 11) is 0. The zero-order valence-corrected chi connectivity index (χ0v) is 13.6. The number of hydrogen-bond acceptors (Lipinski definition) is 2. The highest BCUT2D eigenvalue weighted by atomic mass is 32.1. The van der Waals surface area contributed by atoms with Crippen LogP contribution in [0.15, 0.2) is 17.5 Å². The highest BCUT2D eigenvalue weighted by Gasteiger charge is 2.54. The molecule has 4 aliphatic rings. The molecule has 4 aliphatic carbocycles. The van der Waals surface area contributed by atoms with E-state index in [0.717, 1.165) is 43.4 Å². The summed E-state index contributed by atoms with van der Waals surface area (Å²) in [4.78, 5) is 14.4. The molecule has 0 saturated heterocycles. The van der Waals surface area contributed by atoms with Gasteiger partial charge in [0.25, 0.3) is 0 Å². The van der Waals surface area contributed by atoms with E-state index >= 15 is 0 Å². The Morgan fingerprint density at radius 1 is 1.29 bits per heavy atom. The lowest BCUT2D eigenvalue weighted by Gasteiger charge is -2.55. The summed E-state index contributed by atoms with van der Waals surface area (Å²) in [6, 6.07) is 4.45. The fourth-order valence-corrected chi connectivity index (χ4v) is 6.43. The Morgan fingerprint density at radius 2 is 1.90 bits per heavy atom. The van der Waals surface area contributed by atoms with Crippen LogP contribution >= 0.6 is 11.3 Å². The molecule has 114 valence electrons. The van der Waals surface area contributed by atoms with Crippen LogP contribution in [0, 0.1) is 23.2 Å². The lowest BCUT2D eigenvalue weighted by Crippen LogP contribution is -2.54. The van der Waals surface area contributed by atoms with Gasteiger partial charge in [0.2, 0.25) is 5.91 Å². The minimum Gasteiger partial charge on any atom is -0.348 e. The Morgan fingerprint density at radius 3 is 2.38 bits per heavy atom. The third-order valence-electron chi connectivity index (χ3n) is 6.12. The van der Waals surface area contributed by atoms with Crippen molar-refractivity contribution in [1.82, 2.24) is 5.32 Å². The van der Waals surface area contributed by atoms with Gasteiger partial charge in [-0.05, 0) is 74.1 Å². The van der Waals surface area contributed by atoms with E-state index in [1.54, 1.807) is 11.3 Å². The van der Waals surface area contributed by atoms with Crippen LogP contribution in [0.1, 0.15) is 62.8 Å². The first-order valence-electron chi connectivity index (χ1n) is 8.53. The maximum atomic E-state index is 13.1. The van der Waals surface area contributed by atoms with Crippen molar-refractivity contribution in [2.45, 2.75) is 57.9 Å². The van der Waals surface area contributed by atoms with Crippen molar-refractivity contribution in [1.29, 1.82) is 0 Å². The van der Waals surface area contributed by atoms with E-state index in [4.69, 9.17) is 0 Å². The van der Waals surface area contributed by atoms with Crippen LogP contribution in [-0.4, -0.2) is 5.91 Å². The maximum Gasteiger partial charge on any atom is 0.226 e. The van der Waals surface area contributed by atoms with E-state index in [0.29, 0.717) is 5.91 Å². The van der Waals surface area contributed by atoms with Gasteiger partial charge in [0.15, 0.2) is 0 Å². The van der Waals surface area contributed by atoms with Crippen LogP contribution in [0.3, 0.4) is 0 Å². The van der Waals surface area contributed by atoms with Crippen molar-refractivity contribution < 1.29 is 4.79 Å². The molecule has 1 N–H and O–H groups in total. The molecule has 5 rings (SSSR count). The number of carbonyl (C=O) groups excluding carboxylic acids is 1. The molecular formula is C18H25NOS. The number of amides is 1. The second-order valence-electron chi connectivity index (χ2n) is 7.65. The Hall–Kier alpha value is -0.830. The molecule has 1 aromatic rings. The van der Waals surface area contributed by atoms with E-state index < -0.39 is 0 Å². The van der Waals surface area contributed by atoms with Gasteiger partial charge < -0.3 is 5.32 Å². The molecule has 0 aliphatic heterocycles. The van der Waals surface area contributed by atoms with E-state index in [-0.39, 0.29) is 11.5 Å². The number of rotatable bonds is 4. The number of nitrogens with one attached hydrogen (secondary N) is 1. The standard InChI is InChI=1S/C18H25NOS/c1-2-15(16-4-3-5-21-16)19-17(20)18-9-12-6-13(10-18)8-14(7-12)11-18/h3-5,12-15H,2,6-11H2,1H3,(H,19,20). The highest BCUT2D eigenvalue weighted by molar-refractivity contribution is 7.10. The van der Waals surface area contributed by atoms with Gasteiger partial charge in [-0.25, -0.2) is 0 Å². The van der Waals surface area contributed by atoms with Gasteiger partial charge in [-0.1, -0.05) is 13.0 Å². The van der Waals surface area contributed by atoms with E-state index in [9.17, 15) is 4.79 Å². The predicted octanol–water partition coefficient (Wildman–Crippen LogP) is 4.53. The van der Waals surface area contributed by atoms with Gasteiger partial charge >= 0.3 is 0 Å². The average molecular weight is 303 g/mol. The van der Waals surface area contributed by atoms with Gasteiger partial charge in [-0.3, -0.25) is 4.79 Å². The third-order valence-corrected chi connectivity index (χ3v) is 7.11. The summed E-state index contributed by atoms with van der Waals surface area (Å²) in [6.45, 7) is 2.17. The first-order chi connectivity index (χ1) is 10.2. The van der Waals surface area contributed by atoms with Crippen LogP contribution in [0.25, 0.3) is 0 Å². The molecule has 0 radical (unpaired) electrons. The molecule has 21 heavy (non-hydrogen) atoms. The zero-order valence-electron chi connectivity index (χ0n) is 12.8. The van der Waals surface area contributed by atoms with Crippen LogP contribution < -0.4 is 5.32 Å². The fraction of sp³-hybridized carbons (Fsp3) is 0.722. The second kappa shape index (κ2) is 5.12. The molecule has 1 aromatic heterocycles. The fourth-order valence-electron chi connectivity index (χ4n) is 5.56. The molecule has 1 heterocycles. The molecule has 4 saturated carbocycles. The van der Waals surface area contributed by atoms with Crippen LogP contribution in [0.4, 0.5) is 0 Å². The first-order valence-corrected chi connectivity index (χ1v) is 9.41. The topological polar surface area (TPSA) is 29.1 Å². The number of carbonyl (C=O) groups is 1. The van der Waals surface area contributed by atoms with Crippen molar-refractivity contribution in [3.8, 4) is 0 Å². The van der Waals surface area contributed by atoms with Crippen LogP contribution in [-0.2, 0) is 4.79 Å². The van der Waals surface area contributed by atoms with Crippen molar-refractivity contribution in [3.63, 3.8) is 0 Å². The summed E-state index contributed by atoms with van der Waals surface area (Å²) in [5, 5.41) is 5.50. The Balaban J connectivity index is 1.52. The second-order valence-corrected chi connectivity index (χ2v) is 8.63. The molecule has 0 spiro atoms. The average Bonchev–Trinajstić information content (AvgIpc) is 2.97. The number of thiophene rings is 1. The molecule has 1 amide bonds. The first kappa shape index (κ1) is 13.8. The van der Waals surface area contributed by atoms with E-state index in [1.807, 2.05) is 0 Å². The minimum absolute atomic E-state index is 0.0145. The monoisotopic (exact) mass is 303 g/mol. The smallest absolute Gasteiger partial charge is 0.226 e. The van der Waals surface area contributed by atoms with Crippen molar-refractivity contribution in [2.75, 3.05) is 0 Å². The van der Waals surface area contributed by atoms with Gasteiger partial charge in [0.05, 0.1) is 6.04 Å². The lowest BCUT2D eigenvalue weighted by molar-refractivity contribution is -0.147. The molecule has 2 nitrogen and oxygen atoms in total. The van der Waals surface area contributed by atoms with Crippen LogP contribution in [0.5, 0.6) is 0 Å². The van der Waals surface area contributed by atoms with E-state index in [1.165, 1.54) is 24.1 Å². The summed E-state index contributed by atoms with van der Waals surface area (Å²) in [5.74, 6) is 2.87. The van der Waals surface area contributed by atoms with Crippen molar-refractivity contribution in [2.24, 2.45) is 23.2 Å². The summed E-state index contributed by atoms with van der Waals surface area (Å²) < 4.78 is 0.